The molecule has 1 amide bonds. The molecule has 1 aromatic carbocycles. The zero-order valence-corrected chi connectivity index (χ0v) is 11.7. The fourth-order valence-corrected chi connectivity index (χ4v) is 1.89. The molecule has 0 saturated carbocycles. The predicted octanol–water partition coefficient (Wildman–Crippen LogP) is 2.15. The second-order valence-electron chi connectivity index (χ2n) is 4.44. The van der Waals surface area contributed by atoms with Crippen molar-refractivity contribution >= 4 is 11.6 Å². The molecule has 5 heteroatoms. The van der Waals surface area contributed by atoms with Gasteiger partial charge in [0.05, 0.1) is 12.2 Å². The number of hydrogen-bond donors (Lipinski definition) is 2. The van der Waals surface area contributed by atoms with E-state index < -0.39 is 0 Å². The van der Waals surface area contributed by atoms with E-state index in [0.717, 1.165) is 23.5 Å². The minimum Gasteiger partial charge on any atom is -0.385 e. The van der Waals surface area contributed by atoms with Crippen LogP contribution in [0.2, 0.25) is 0 Å². The molecule has 0 bridgehead atoms. The summed E-state index contributed by atoms with van der Waals surface area (Å²) in [6, 6.07) is 7.41. The molecule has 0 unspecified atom stereocenters. The Kier molecular flexibility index (Phi) is 4.65. The maximum absolute atomic E-state index is 12.1. The van der Waals surface area contributed by atoms with Crippen LogP contribution in [-0.2, 0) is 6.54 Å². The second-order valence-corrected chi connectivity index (χ2v) is 4.44. The smallest absolute Gasteiger partial charge is 0.251 e. The number of nitrogens with one attached hydrogen (secondary N) is 2. The highest BCUT2D eigenvalue weighted by atomic mass is 16.1. The van der Waals surface area contributed by atoms with Crippen molar-refractivity contribution < 1.29 is 4.79 Å². The number of nitrogens with zero attached hydrogens (tertiary/aromatic N) is 2. The first kappa shape index (κ1) is 14.0. The van der Waals surface area contributed by atoms with Crippen LogP contribution < -0.4 is 10.6 Å². The molecule has 0 aliphatic heterocycles. The molecule has 0 aliphatic carbocycles. The van der Waals surface area contributed by atoms with Crippen LogP contribution in [0.5, 0.6) is 0 Å². The van der Waals surface area contributed by atoms with Gasteiger partial charge in [-0.2, -0.15) is 0 Å². The molecule has 2 N–H and O–H groups in total. The molecule has 5 nitrogen and oxygen atoms in total. The standard InChI is InChI=1S/C15H18N4O/c1-3-17-14-5-4-12(8-11(14)2)15(20)18-9-13-6-7-16-10-19-13/h4-8,10,17H,3,9H2,1-2H3,(H,18,20). The SMILES string of the molecule is CCNc1ccc(C(=O)NCc2ccncn2)cc1C. The normalized spacial score (nSPS) is 10.1. The van der Waals surface area contributed by atoms with E-state index in [-0.39, 0.29) is 5.91 Å². The fraction of sp³-hybridized carbons (Fsp3) is 0.267. The molecule has 20 heavy (non-hydrogen) atoms. The number of aromatic nitrogens is 2. The minimum absolute atomic E-state index is 0.102. The molecule has 0 radical (unpaired) electrons. The molecule has 1 aromatic heterocycles. The summed E-state index contributed by atoms with van der Waals surface area (Å²) < 4.78 is 0. The third-order valence-corrected chi connectivity index (χ3v) is 2.93. The van der Waals surface area contributed by atoms with E-state index in [1.807, 2.05) is 32.0 Å². The van der Waals surface area contributed by atoms with Gasteiger partial charge in [-0.25, -0.2) is 9.97 Å². The number of carbonyl (C=O) groups is 1. The summed E-state index contributed by atoms with van der Waals surface area (Å²) in [7, 11) is 0. The number of benzene rings is 1. The van der Waals surface area contributed by atoms with Crippen molar-refractivity contribution in [3.05, 3.63) is 53.6 Å². The summed E-state index contributed by atoms with van der Waals surface area (Å²) in [6.45, 7) is 5.29. The average Bonchev–Trinajstić information content (AvgIpc) is 2.48. The van der Waals surface area contributed by atoms with Crippen LogP contribution in [0.25, 0.3) is 0 Å². The Morgan fingerprint density at radius 3 is 2.80 bits per heavy atom. The molecule has 104 valence electrons. The van der Waals surface area contributed by atoms with Crippen LogP contribution in [0.15, 0.2) is 36.8 Å². The summed E-state index contributed by atoms with van der Waals surface area (Å²) >= 11 is 0. The number of rotatable bonds is 5. The van der Waals surface area contributed by atoms with Gasteiger partial charge in [0.25, 0.3) is 5.91 Å². The molecule has 0 spiro atoms. The molecule has 0 fully saturated rings. The molecule has 2 rings (SSSR count). The van der Waals surface area contributed by atoms with E-state index in [2.05, 4.69) is 20.6 Å². The summed E-state index contributed by atoms with van der Waals surface area (Å²) in [5, 5.41) is 6.10. The Balaban J connectivity index is 2.00. The van der Waals surface area contributed by atoms with Crippen molar-refractivity contribution in [3.63, 3.8) is 0 Å². The molecule has 1 heterocycles. The van der Waals surface area contributed by atoms with Gasteiger partial charge in [-0.05, 0) is 43.7 Å². The van der Waals surface area contributed by atoms with Gasteiger partial charge in [0.1, 0.15) is 6.33 Å². The Morgan fingerprint density at radius 2 is 2.15 bits per heavy atom. The van der Waals surface area contributed by atoms with Gasteiger partial charge in [0.15, 0.2) is 0 Å². The quantitative estimate of drug-likeness (QED) is 0.873. The van der Waals surface area contributed by atoms with E-state index in [0.29, 0.717) is 12.1 Å². The van der Waals surface area contributed by atoms with Gasteiger partial charge in [0.2, 0.25) is 0 Å². The summed E-state index contributed by atoms with van der Waals surface area (Å²) in [5.41, 5.74) is 3.55. The predicted molar refractivity (Wildman–Crippen MR) is 78.5 cm³/mol. The lowest BCUT2D eigenvalue weighted by Gasteiger charge is -2.10. The van der Waals surface area contributed by atoms with Crippen molar-refractivity contribution in [3.8, 4) is 0 Å². The highest BCUT2D eigenvalue weighted by Gasteiger charge is 2.07. The first-order valence-corrected chi connectivity index (χ1v) is 6.58. The van der Waals surface area contributed by atoms with Crippen LogP contribution in [0, 0.1) is 6.92 Å². The minimum atomic E-state index is -0.102. The van der Waals surface area contributed by atoms with Gasteiger partial charge in [-0.3, -0.25) is 4.79 Å². The van der Waals surface area contributed by atoms with Gasteiger partial charge in [-0.15, -0.1) is 0 Å². The molecular formula is C15H18N4O. The van der Waals surface area contributed by atoms with Crippen molar-refractivity contribution in [1.82, 2.24) is 15.3 Å². The Morgan fingerprint density at radius 1 is 1.30 bits per heavy atom. The number of amides is 1. The number of anilines is 1. The highest BCUT2D eigenvalue weighted by Crippen LogP contribution is 2.16. The second kappa shape index (κ2) is 6.65. The largest absolute Gasteiger partial charge is 0.385 e. The summed E-state index contributed by atoms with van der Waals surface area (Å²) in [5.74, 6) is -0.102. The highest BCUT2D eigenvalue weighted by molar-refractivity contribution is 5.94. The molecule has 0 atom stereocenters. The van der Waals surface area contributed by atoms with E-state index in [1.165, 1.54) is 6.33 Å². The van der Waals surface area contributed by atoms with Crippen molar-refractivity contribution in [2.75, 3.05) is 11.9 Å². The third kappa shape index (κ3) is 3.54. The van der Waals surface area contributed by atoms with Gasteiger partial charge in [-0.1, -0.05) is 0 Å². The van der Waals surface area contributed by atoms with Gasteiger partial charge >= 0.3 is 0 Å². The number of hydrogen-bond acceptors (Lipinski definition) is 4. The van der Waals surface area contributed by atoms with Gasteiger partial charge in [0, 0.05) is 24.0 Å². The first-order chi connectivity index (χ1) is 9.70. The van der Waals surface area contributed by atoms with E-state index in [1.54, 1.807) is 12.3 Å². The van der Waals surface area contributed by atoms with E-state index >= 15 is 0 Å². The van der Waals surface area contributed by atoms with Crippen molar-refractivity contribution in [2.45, 2.75) is 20.4 Å². The maximum Gasteiger partial charge on any atom is 0.251 e. The average molecular weight is 270 g/mol. The molecule has 0 saturated heterocycles. The van der Waals surface area contributed by atoms with Crippen molar-refractivity contribution in [2.24, 2.45) is 0 Å². The molecule has 0 aliphatic rings. The molecule has 2 aromatic rings. The van der Waals surface area contributed by atoms with Crippen LogP contribution in [0.1, 0.15) is 28.5 Å². The lowest BCUT2D eigenvalue weighted by molar-refractivity contribution is 0.0950. The first-order valence-electron chi connectivity index (χ1n) is 6.58. The Bertz CT molecular complexity index is 584. The van der Waals surface area contributed by atoms with Gasteiger partial charge < -0.3 is 10.6 Å². The Labute approximate surface area is 118 Å². The summed E-state index contributed by atoms with van der Waals surface area (Å²) in [6.07, 6.45) is 3.13. The zero-order chi connectivity index (χ0) is 14.4. The van der Waals surface area contributed by atoms with E-state index in [9.17, 15) is 4.79 Å². The van der Waals surface area contributed by atoms with Crippen molar-refractivity contribution in [1.29, 1.82) is 0 Å². The number of aryl methyl sites for hydroxylation is 1. The fourth-order valence-electron chi connectivity index (χ4n) is 1.89. The zero-order valence-electron chi connectivity index (χ0n) is 11.7. The number of carbonyl (C=O) groups excluding carboxylic acids is 1. The topological polar surface area (TPSA) is 66.9 Å². The van der Waals surface area contributed by atoms with Crippen LogP contribution in [0.3, 0.4) is 0 Å². The van der Waals surface area contributed by atoms with E-state index in [4.69, 9.17) is 0 Å². The van der Waals surface area contributed by atoms with Crippen LogP contribution in [0.4, 0.5) is 5.69 Å². The molecular weight excluding hydrogens is 252 g/mol. The van der Waals surface area contributed by atoms with Crippen LogP contribution >= 0.6 is 0 Å². The lowest BCUT2D eigenvalue weighted by Crippen LogP contribution is -2.23. The van der Waals surface area contributed by atoms with Crippen LogP contribution in [-0.4, -0.2) is 22.4 Å². The maximum atomic E-state index is 12.1. The monoisotopic (exact) mass is 270 g/mol. The lowest BCUT2D eigenvalue weighted by atomic mass is 10.1. The third-order valence-electron chi connectivity index (χ3n) is 2.93. The Hall–Kier alpha value is -2.43. The summed E-state index contributed by atoms with van der Waals surface area (Å²) in [4.78, 5) is 20.0.